The van der Waals surface area contributed by atoms with Crippen molar-refractivity contribution in [2.45, 2.75) is 45.3 Å². The lowest BCUT2D eigenvalue weighted by Crippen LogP contribution is -2.41. The Balaban J connectivity index is 2.12. The number of hydrogen-bond donors (Lipinski definition) is 2. The highest BCUT2D eigenvalue weighted by atomic mass is 35.5. The number of rotatable bonds is 4. The average Bonchev–Trinajstić information content (AvgIpc) is 2.70. The molecule has 2 rings (SSSR count). The summed E-state index contributed by atoms with van der Waals surface area (Å²) < 4.78 is 6.20. The van der Waals surface area contributed by atoms with Crippen molar-refractivity contribution in [3.8, 4) is 0 Å². The van der Waals surface area contributed by atoms with Crippen molar-refractivity contribution in [1.82, 2.24) is 15.0 Å². The third-order valence-corrected chi connectivity index (χ3v) is 9.04. The fraction of sp³-hybridized carbons (Fsp3) is 0.571. The van der Waals surface area contributed by atoms with E-state index in [4.69, 9.17) is 21.8 Å². The molecule has 3 N–H and O–H groups in total. The summed E-state index contributed by atoms with van der Waals surface area (Å²) in [6.07, 6.45) is 2.68. The molecule has 2 heterocycles. The SMILES string of the molecule is CC(C)(C)[Si](C)(C)OCCc1c[nH]c2nc(N)nc(Cl)c12. The molecular formula is C14H23ClN4OSi. The molecule has 0 aromatic carbocycles. The van der Waals surface area contributed by atoms with E-state index < -0.39 is 8.32 Å². The molecule has 0 atom stereocenters. The highest BCUT2D eigenvalue weighted by molar-refractivity contribution is 6.74. The van der Waals surface area contributed by atoms with Crippen LogP contribution in [-0.4, -0.2) is 29.9 Å². The van der Waals surface area contributed by atoms with Gasteiger partial charge in [-0.3, -0.25) is 0 Å². The molecule has 7 heteroatoms. The summed E-state index contributed by atoms with van der Waals surface area (Å²) in [5, 5.41) is 1.44. The van der Waals surface area contributed by atoms with Gasteiger partial charge < -0.3 is 15.1 Å². The summed E-state index contributed by atoms with van der Waals surface area (Å²) in [5.41, 5.74) is 7.33. The van der Waals surface area contributed by atoms with Crippen LogP contribution in [0.3, 0.4) is 0 Å². The Morgan fingerprint density at radius 2 is 2.00 bits per heavy atom. The summed E-state index contributed by atoms with van der Waals surface area (Å²) in [4.78, 5) is 11.2. The number of nitrogens with two attached hydrogens (primary N) is 1. The minimum absolute atomic E-state index is 0.179. The molecule has 21 heavy (non-hydrogen) atoms. The van der Waals surface area contributed by atoms with Crippen LogP contribution in [0.25, 0.3) is 11.0 Å². The summed E-state index contributed by atoms with van der Waals surface area (Å²) in [5.74, 6) is 0.179. The van der Waals surface area contributed by atoms with Crippen molar-refractivity contribution >= 4 is 36.9 Å². The first-order valence-corrected chi connectivity index (χ1v) is 10.3. The lowest BCUT2D eigenvalue weighted by molar-refractivity contribution is 0.292. The molecule has 0 saturated heterocycles. The maximum absolute atomic E-state index is 6.20. The van der Waals surface area contributed by atoms with Gasteiger partial charge in [0.25, 0.3) is 0 Å². The van der Waals surface area contributed by atoms with Gasteiger partial charge in [-0.05, 0) is 30.1 Å². The van der Waals surface area contributed by atoms with E-state index in [1.54, 1.807) is 0 Å². The molecule has 0 fully saturated rings. The van der Waals surface area contributed by atoms with Crippen LogP contribution in [0.2, 0.25) is 23.3 Å². The Morgan fingerprint density at radius 3 is 2.62 bits per heavy atom. The van der Waals surface area contributed by atoms with Gasteiger partial charge in [0.2, 0.25) is 5.95 Å². The molecule has 2 aromatic rings. The van der Waals surface area contributed by atoms with E-state index in [9.17, 15) is 0 Å². The van der Waals surface area contributed by atoms with Gasteiger partial charge in [-0.25, -0.2) is 4.98 Å². The molecule has 0 saturated carbocycles. The van der Waals surface area contributed by atoms with Crippen molar-refractivity contribution in [2.24, 2.45) is 0 Å². The molecule has 0 aliphatic rings. The number of hydrogen-bond acceptors (Lipinski definition) is 4. The molecular weight excluding hydrogens is 304 g/mol. The van der Waals surface area contributed by atoms with Crippen molar-refractivity contribution in [3.05, 3.63) is 16.9 Å². The zero-order chi connectivity index (χ0) is 15.8. The van der Waals surface area contributed by atoms with Crippen molar-refractivity contribution in [1.29, 1.82) is 0 Å². The smallest absolute Gasteiger partial charge is 0.223 e. The summed E-state index contributed by atoms with van der Waals surface area (Å²) in [6, 6.07) is 0. The van der Waals surface area contributed by atoms with Crippen LogP contribution in [0.4, 0.5) is 5.95 Å². The van der Waals surface area contributed by atoms with Crippen molar-refractivity contribution in [2.75, 3.05) is 12.3 Å². The van der Waals surface area contributed by atoms with Crippen molar-refractivity contribution in [3.63, 3.8) is 0 Å². The Kier molecular flexibility index (Phi) is 4.33. The van der Waals surface area contributed by atoms with Gasteiger partial charge in [-0.1, -0.05) is 32.4 Å². The number of fused-ring (bicyclic) bond motifs is 1. The molecule has 5 nitrogen and oxygen atoms in total. The molecule has 0 amide bonds. The lowest BCUT2D eigenvalue weighted by Gasteiger charge is -2.36. The maximum Gasteiger partial charge on any atom is 0.223 e. The second-order valence-electron chi connectivity index (χ2n) is 6.77. The van der Waals surface area contributed by atoms with E-state index in [0.717, 1.165) is 17.4 Å². The van der Waals surface area contributed by atoms with Gasteiger partial charge >= 0.3 is 0 Å². The van der Waals surface area contributed by atoms with E-state index in [2.05, 4.69) is 48.8 Å². The second-order valence-corrected chi connectivity index (χ2v) is 11.9. The predicted octanol–water partition coefficient (Wildman–Crippen LogP) is 3.76. The highest BCUT2D eigenvalue weighted by Crippen LogP contribution is 2.36. The Hall–Kier alpha value is -1.11. The van der Waals surface area contributed by atoms with Gasteiger partial charge in [-0.2, -0.15) is 4.98 Å². The van der Waals surface area contributed by atoms with Crippen LogP contribution in [0.15, 0.2) is 6.20 Å². The van der Waals surface area contributed by atoms with E-state index in [0.29, 0.717) is 17.4 Å². The molecule has 0 radical (unpaired) electrons. The normalized spacial score (nSPS) is 13.0. The van der Waals surface area contributed by atoms with E-state index >= 15 is 0 Å². The number of H-pyrrole nitrogens is 1. The second kappa shape index (κ2) is 5.59. The number of aromatic amines is 1. The Morgan fingerprint density at radius 1 is 1.33 bits per heavy atom. The first-order chi connectivity index (χ1) is 9.62. The summed E-state index contributed by atoms with van der Waals surface area (Å²) >= 11 is 6.17. The standard InChI is InChI=1S/C14H23ClN4OSi/c1-14(2,3)21(4,5)20-7-6-9-8-17-12-10(9)11(15)18-13(16)19-12/h8H,6-7H2,1-5H3,(H3,16,17,18,19). The molecule has 2 aromatic heterocycles. The molecule has 0 unspecified atom stereocenters. The minimum atomic E-state index is -1.72. The van der Waals surface area contributed by atoms with E-state index in [1.807, 2.05) is 6.20 Å². The van der Waals surface area contributed by atoms with E-state index in [1.165, 1.54) is 0 Å². The zero-order valence-corrected chi connectivity index (χ0v) is 15.0. The number of nitrogens with one attached hydrogen (secondary N) is 1. The fourth-order valence-electron chi connectivity index (χ4n) is 1.90. The van der Waals surface area contributed by atoms with E-state index in [-0.39, 0.29) is 11.0 Å². The van der Waals surface area contributed by atoms with Crippen LogP contribution in [0.5, 0.6) is 0 Å². The number of anilines is 1. The van der Waals surface area contributed by atoms with Gasteiger partial charge in [0, 0.05) is 12.8 Å². The minimum Gasteiger partial charge on any atom is -0.416 e. The van der Waals surface area contributed by atoms with Crippen LogP contribution in [0, 0.1) is 0 Å². The first kappa shape index (κ1) is 16.3. The number of nitrogen functional groups attached to an aromatic ring is 1. The van der Waals surface area contributed by atoms with Crippen LogP contribution < -0.4 is 5.73 Å². The first-order valence-electron chi connectivity index (χ1n) is 7.05. The van der Waals surface area contributed by atoms with Crippen LogP contribution in [-0.2, 0) is 10.8 Å². The highest BCUT2D eigenvalue weighted by Gasteiger charge is 2.36. The predicted molar refractivity (Wildman–Crippen MR) is 90.2 cm³/mol. The molecule has 116 valence electrons. The molecule has 0 aliphatic heterocycles. The molecule has 0 spiro atoms. The Bertz CT molecular complexity index is 648. The number of nitrogens with zero attached hydrogens (tertiary/aromatic N) is 2. The average molecular weight is 327 g/mol. The van der Waals surface area contributed by atoms with Gasteiger partial charge in [0.05, 0.1) is 5.39 Å². The zero-order valence-electron chi connectivity index (χ0n) is 13.2. The lowest BCUT2D eigenvalue weighted by atomic mass is 10.2. The van der Waals surface area contributed by atoms with Gasteiger partial charge in [-0.15, -0.1) is 0 Å². The monoisotopic (exact) mass is 326 g/mol. The molecule has 0 aliphatic carbocycles. The maximum atomic E-state index is 6.20. The quantitative estimate of drug-likeness (QED) is 0.662. The van der Waals surface area contributed by atoms with Crippen LogP contribution >= 0.6 is 11.6 Å². The summed E-state index contributed by atoms with van der Waals surface area (Å²) in [6.45, 7) is 11.9. The molecule has 0 bridgehead atoms. The van der Waals surface area contributed by atoms with Crippen LogP contribution in [0.1, 0.15) is 26.3 Å². The third kappa shape index (κ3) is 3.39. The van der Waals surface area contributed by atoms with Crippen molar-refractivity contribution < 1.29 is 4.43 Å². The number of halogens is 1. The van der Waals surface area contributed by atoms with Gasteiger partial charge in [0.15, 0.2) is 8.32 Å². The fourth-order valence-corrected chi connectivity index (χ4v) is 3.24. The largest absolute Gasteiger partial charge is 0.416 e. The number of aromatic nitrogens is 3. The topological polar surface area (TPSA) is 76.8 Å². The van der Waals surface area contributed by atoms with Gasteiger partial charge in [0.1, 0.15) is 10.8 Å². The third-order valence-electron chi connectivity index (χ3n) is 4.23. The summed E-state index contributed by atoms with van der Waals surface area (Å²) in [7, 11) is -1.72. The Labute approximate surface area is 131 Å².